The van der Waals surface area contributed by atoms with Gasteiger partial charge in [0.2, 0.25) is 0 Å². The zero-order valence-corrected chi connectivity index (χ0v) is 9.28. The molecular weight excluding hydrogens is 214 g/mol. The van der Waals surface area contributed by atoms with Crippen molar-refractivity contribution in [1.29, 1.82) is 5.26 Å². The van der Waals surface area contributed by atoms with E-state index in [1.54, 1.807) is 31.2 Å². The van der Waals surface area contributed by atoms with Gasteiger partial charge in [0.05, 0.1) is 24.0 Å². The molecule has 0 saturated carbocycles. The molecule has 0 spiro atoms. The lowest BCUT2D eigenvalue weighted by molar-refractivity contribution is 0.237. The second-order valence-corrected chi connectivity index (χ2v) is 4.78. The van der Waals surface area contributed by atoms with Gasteiger partial charge < -0.3 is 0 Å². The zero-order chi connectivity index (χ0) is 11.5. The SMILES string of the molecule is CC(OS(C)(=O)=O)c1ccc(C#N)cc1. The monoisotopic (exact) mass is 225 g/mol. The lowest BCUT2D eigenvalue weighted by atomic mass is 10.1. The normalized spacial score (nSPS) is 13.1. The lowest BCUT2D eigenvalue weighted by Crippen LogP contribution is -2.07. The second kappa shape index (κ2) is 4.43. The van der Waals surface area contributed by atoms with Crippen LogP contribution in [-0.4, -0.2) is 14.7 Å². The molecule has 0 aromatic heterocycles. The average molecular weight is 225 g/mol. The number of nitrogens with zero attached hydrogens (tertiary/aromatic N) is 1. The van der Waals surface area contributed by atoms with Crippen LogP contribution in [0, 0.1) is 11.3 Å². The van der Waals surface area contributed by atoms with E-state index in [9.17, 15) is 8.42 Å². The highest BCUT2D eigenvalue weighted by Gasteiger charge is 2.12. The number of hydrogen-bond donors (Lipinski definition) is 0. The highest BCUT2D eigenvalue weighted by atomic mass is 32.2. The first-order valence-electron chi connectivity index (χ1n) is 4.30. The van der Waals surface area contributed by atoms with Gasteiger partial charge in [0.25, 0.3) is 10.1 Å². The molecule has 0 heterocycles. The topological polar surface area (TPSA) is 67.2 Å². The first-order valence-corrected chi connectivity index (χ1v) is 6.12. The van der Waals surface area contributed by atoms with Crippen LogP contribution in [0.3, 0.4) is 0 Å². The van der Waals surface area contributed by atoms with E-state index in [0.29, 0.717) is 5.56 Å². The predicted octanol–water partition coefficient (Wildman–Crippen LogP) is 1.60. The van der Waals surface area contributed by atoms with Crippen molar-refractivity contribution in [1.82, 2.24) is 0 Å². The molecule has 5 heteroatoms. The largest absolute Gasteiger partial charge is 0.264 e. The van der Waals surface area contributed by atoms with Crippen LogP contribution >= 0.6 is 0 Å². The molecule has 1 aromatic rings. The van der Waals surface area contributed by atoms with Crippen molar-refractivity contribution in [3.05, 3.63) is 35.4 Å². The number of rotatable bonds is 3. The Kier molecular flexibility index (Phi) is 3.45. The van der Waals surface area contributed by atoms with Gasteiger partial charge in [0.15, 0.2) is 0 Å². The maximum atomic E-state index is 10.9. The van der Waals surface area contributed by atoms with Crippen molar-refractivity contribution < 1.29 is 12.6 Å². The van der Waals surface area contributed by atoms with Gasteiger partial charge in [-0.05, 0) is 24.6 Å². The van der Waals surface area contributed by atoms with Crippen LogP contribution in [0.15, 0.2) is 24.3 Å². The predicted molar refractivity (Wildman–Crippen MR) is 55.5 cm³/mol. The fraction of sp³-hybridized carbons (Fsp3) is 0.300. The van der Waals surface area contributed by atoms with Crippen molar-refractivity contribution >= 4 is 10.1 Å². The molecule has 1 aromatic carbocycles. The molecular formula is C10H11NO3S. The Labute approximate surface area is 89.2 Å². The molecule has 0 aliphatic carbocycles. The van der Waals surface area contributed by atoms with Gasteiger partial charge in [0.1, 0.15) is 0 Å². The van der Waals surface area contributed by atoms with Gasteiger partial charge in [-0.15, -0.1) is 0 Å². The lowest BCUT2D eigenvalue weighted by Gasteiger charge is -2.10. The molecule has 1 atom stereocenters. The van der Waals surface area contributed by atoms with Crippen molar-refractivity contribution in [2.75, 3.05) is 6.26 Å². The van der Waals surface area contributed by atoms with Crippen molar-refractivity contribution in [3.8, 4) is 6.07 Å². The van der Waals surface area contributed by atoms with Gasteiger partial charge in [-0.25, -0.2) is 0 Å². The third-order valence-corrected chi connectivity index (χ3v) is 2.47. The van der Waals surface area contributed by atoms with Crippen molar-refractivity contribution in [3.63, 3.8) is 0 Å². The summed E-state index contributed by atoms with van der Waals surface area (Å²) in [6.07, 6.45) is 0.473. The van der Waals surface area contributed by atoms with E-state index in [1.165, 1.54) is 0 Å². The summed E-state index contributed by atoms with van der Waals surface area (Å²) >= 11 is 0. The summed E-state index contributed by atoms with van der Waals surface area (Å²) in [7, 11) is -3.45. The van der Waals surface area contributed by atoms with E-state index in [2.05, 4.69) is 0 Å². The number of nitriles is 1. The van der Waals surface area contributed by atoms with E-state index in [4.69, 9.17) is 9.44 Å². The molecule has 0 amide bonds. The molecule has 0 radical (unpaired) electrons. The summed E-state index contributed by atoms with van der Waals surface area (Å²) in [6, 6.07) is 8.58. The molecule has 80 valence electrons. The van der Waals surface area contributed by atoms with Crippen molar-refractivity contribution in [2.24, 2.45) is 0 Å². The quantitative estimate of drug-likeness (QED) is 0.733. The van der Waals surface area contributed by atoms with Crippen LogP contribution in [0.2, 0.25) is 0 Å². The highest BCUT2D eigenvalue weighted by Crippen LogP contribution is 2.18. The Hall–Kier alpha value is -1.38. The Morgan fingerprint density at radius 1 is 1.33 bits per heavy atom. The van der Waals surface area contributed by atoms with Gasteiger partial charge in [0, 0.05) is 0 Å². The van der Waals surface area contributed by atoms with E-state index in [0.717, 1.165) is 11.8 Å². The van der Waals surface area contributed by atoms with E-state index in [1.807, 2.05) is 6.07 Å². The Morgan fingerprint density at radius 2 is 1.87 bits per heavy atom. The summed E-state index contributed by atoms with van der Waals surface area (Å²) in [5.41, 5.74) is 1.25. The Balaban J connectivity index is 2.84. The average Bonchev–Trinajstić information content (AvgIpc) is 2.15. The summed E-state index contributed by atoms with van der Waals surface area (Å²) in [5.74, 6) is 0. The van der Waals surface area contributed by atoms with Gasteiger partial charge in [-0.2, -0.15) is 13.7 Å². The number of benzene rings is 1. The van der Waals surface area contributed by atoms with Crippen LogP contribution < -0.4 is 0 Å². The van der Waals surface area contributed by atoms with E-state index < -0.39 is 16.2 Å². The van der Waals surface area contributed by atoms with Crippen molar-refractivity contribution in [2.45, 2.75) is 13.0 Å². The maximum absolute atomic E-state index is 10.9. The van der Waals surface area contributed by atoms with E-state index >= 15 is 0 Å². The standard InChI is InChI=1S/C10H11NO3S/c1-8(14-15(2,12)13)10-5-3-9(7-11)4-6-10/h3-6,8H,1-2H3. The van der Waals surface area contributed by atoms with Crippen LogP contribution in [0.5, 0.6) is 0 Å². The molecule has 1 rings (SSSR count). The number of hydrogen-bond acceptors (Lipinski definition) is 4. The molecule has 0 fully saturated rings. The van der Waals surface area contributed by atoms with Crippen LogP contribution in [0.25, 0.3) is 0 Å². The van der Waals surface area contributed by atoms with E-state index in [-0.39, 0.29) is 0 Å². The molecule has 1 unspecified atom stereocenters. The first kappa shape index (κ1) is 11.7. The van der Waals surface area contributed by atoms with Gasteiger partial charge in [-0.1, -0.05) is 12.1 Å². The summed E-state index contributed by atoms with van der Waals surface area (Å²) in [5, 5.41) is 8.58. The fourth-order valence-corrected chi connectivity index (χ4v) is 1.78. The molecule has 0 saturated heterocycles. The Morgan fingerprint density at radius 3 is 2.27 bits per heavy atom. The Bertz CT molecular complexity index is 470. The molecule has 0 aliphatic rings. The molecule has 15 heavy (non-hydrogen) atoms. The molecule has 0 bridgehead atoms. The van der Waals surface area contributed by atoms with Crippen LogP contribution in [0.1, 0.15) is 24.2 Å². The van der Waals surface area contributed by atoms with Crippen LogP contribution in [0.4, 0.5) is 0 Å². The first-order chi connectivity index (χ1) is 6.92. The molecule has 4 nitrogen and oxygen atoms in total. The maximum Gasteiger partial charge on any atom is 0.264 e. The third kappa shape index (κ3) is 3.70. The van der Waals surface area contributed by atoms with Crippen LogP contribution in [-0.2, 0) is 14.3 Å². The minimum absolute atomic E-state index is 0.533. The highest BCUT2D eigenvalue weighted by molar-refractivity contribution is 7.86. The summed E-state index contributed by atoms with van der Waals surface area (Å²) in [4.78, 5) is 0. The fourth-order valence-electron chi connectivity index (χ4n) is 1.15. The minimum Gasteiger partial charge on any atom is -0.262 e. The molecule has 0 N–H and O–H groups in total. The summed E-state index contributed by atoms with van der Waals surface area (Å²) < 4.78 is 26.5. The minimum atomic E-state index is -3.45. The zero-order valence-electron chi connectivity index (χ0n) is 8.47. The molecule has 0 aliphatic heterocycles. The smallest absolute Gasteiger partial charge is 0.262 e. The van der Waals surface area contributed by atoms with Gasteiger partial charge in [-0.3, -0.25) is 4.18 Å². The summed E-state index contributed by atoms with van der Waals surface area (Å²) in [6.45, 7) is 1.64. The van der Waals surface area contributed by atoms with Gasteiger partial charge >= 0.3 is 0 Å². The second-order valence-electron chi connectivity index (χ2n) is 3.18. The third-order valence-electron chi connectivity index (χ3n) is 1.83.